The van der Waals surface area contributed by atoms with Gasteiger partial charge in [-0.15, -0.1) is 0 Å². The van der Waals surface area contributed by atoms with E-state index >= 15 is 0 Å². The van der Waals surface area contributed by atoms with Gasteiger partial charge in [0.2, 0.25) is 0 Å². The van der Waals surface area contributed by atoms with Crippen LogP contribution in [0.3, 0.4) is 0 Å². The molecule has 246 valence electrons. The average Bonchev–Trinajstić information content (AvgIpc) is 3.10. The highest BCUT2D eigenvalue weighted by atomic mass is 16.7. The number of aliphatic hydroxyl groups excluding tert-OH is 1. The molecule has 1 fully saturated rings. The first-order chi connectivity index (χ1) is 22.7. The Hall–Kier alpha value is -4.34. The molecule has 0 saturated carbocycles. The molecule has 0 spiro atoms. The second-order valence-electron chi connectivity index (χ2n) is 12.2. The minimum atomic E-state index is -0.857. The van der Waals surface area contributed by atoms with Crippen molar-refractivity contribution in [2.75, 3.05) is 13.6 Å². The summed E-state index contributed by atoms with van der Waals surface area (Å²) in [6.07, 6.45) is -1.01. The fourth-order valence-corrected chi connectivity index (χ4v) is 5.86. The maximum Gasteiger partial charge on any atom is 0.303 e. The number of aliphatic hydroxyl groups is 1. The summed E-state index contributed by atoms with van der Waals surface area (Å²) in [4.78, 5) is 25.9. The summed E-state index contributed by atoms with van der Waals surface area (Å²) in [5.41, 5.74) is 6.99. The second-order valence-corrected chi connectivity index (χ2v) is 12.2. The van der Waals surface area contributed by atoms with E-state index in [9.17, 15) is 14.7 Å². The van der Waals surface area contributed by atoms with Crippen molar-refractivity contribution in [2.24, 2.45) is 0 Å². The molecule has 0 bridgehead atoms. The lowest BCUT2D eigenvalue weighted by Gasteiger charge is -2.39. The Bertz CT molecular complexity index is 1630. The van der Waals surface area contributed by atoms with Gasteiger partial charge in [0.25, 0.3) is 5.91 Å². The molecule has 8 nitrogen and oxygen atoms in total. The number of ether oxygens (including phenoxy) is 3. The molecule has 0 unspecified atom stereocenters. The number of carbonyl (C=O) groups excluding carboxylic acids is 2. The first kappa shape index (κ1) is 34.0. The number of likely N-dealkylation sites (N-methyl/N-ethyl adjacent to an activating group) is 1. The summed E-state index contributed by atoms with van der Waals surface area (Å²) >= 11 is 0. The van der Waals surface area contributed by atoms with E-state index in [1.165, 1.54) is 12.5 Å². The third-order valence-corrected chi connectivity index (χ3v) is 8.65. The summed E-state index contributed by atoms with van der Waals surface area (Å²) in [5.74, 6) is -0.843. The highest BCUT2D eigenvalue weighted by Crippen LogP contribution is 2.39. The van der Waals surface area contributed by atoms with E-state index in [1.54, 1.807) is 6.92 Å². The van der Waals surface area contributed by atoms with Crippen molar-refractivity contribution in [2.45, 2.75) is 71.0 Å². The lowest BCUT2D eigenvalue weighted by molar-refractivity contribution is -0.253. The Labute approximate surface area is 277 Å². The number of benzene rings is 4. The first-order valence-electron chi connectivity index (χ1n) is 16.1. The fourth-order valence-electron chi connectivity index (χ4n) is 5.86. The van der Waals surface area contributed by atoms with Crippen molar-refractivity contribution in [1.82, 2.24) is 10.2 Å². The van der Waals surface area contributed by atoms with Gasteiger partial charge in [-0.2, -0.15) is 0 Å². The molecule has 8 heteroatoms. The zero-order chi connectivity index (χ0) is 33.3. The number of nitrogens with one attached hydrogen (secondary N) is 1. The van der Waals surface area contributed by atoms with Crippen LogP contribution in [0.5, 0.6) is 0 Å². The van der Waals surface area contributed by atoms with Gasteiger partial charge in [0.15, 0.2) is 12.4 Å². The molecule has 1 amide bonds. The zero-order valence-electron chi connectivity index (χ0n) is 27.5. The molecular weight excluding hydrogens is 592 g/mol. The third-order valence-electron chi connectivity index (χ3n) is 8.65. The van der Waals surface area contributed by atoms with Gasteiger partial charge in [0.1, 0.15) is 0 Å². The highest BCUT2D eigenvalue weighted by molar-refractivity contribution is 5.82. The van der Waals surface area contributed by atoms with E-state index in [0.29, 0.717) is 13.0 Å². The van der Waals surface area contributed by atoms with E-state index < -0.39 is 18.4 Å². The van der Waals surface area contributed by atoms with Crippen LogP contribution in [0.25, 0.3) is 11.1 Å². The van der Waals surface area contributed by atoms with Crippen LogP contribution in [0, 0.1) is 0 Å². The van der Waals surface area contributed by atoms with E-state index in [2.05, 4.69) is 54.5 Å². The van der Waals surface area contributed by atoms with Gasteiger partial charge in [0, 0.05) is 38.0 Å². The normalized spacial score (nSPS) is 19.1. The van der Waals surface area contributed by atoms with Crippen LogP contribution in [-0.2, 0) is 37.0 Å². The molecule has 0 aliphatic carbocycles. The molecule has 1 aliphatic heterocycles. The second kappa shape index (κ2) is 16.0. The Morgan fingerprint density at radius 3 is 2.28 bits per heavy atom. The average molecular weight is 637 g/mol. The van der Waals surface area contributed by atoms with Crippen LogP contribution in [-0.4, -0.2) is 47.7 Å². The van der Waals surface area contributed by atoms with E-state index in [0.717, 1.165) is 39.9 Å². The summed E-state index contributed by atoms with van der Waals surface area (Å²) in [7, 11) is 2.13. The monoisotopic (exact) mass is 636 g/mol. The molecule has 4 aromatic carbocycles. The SMILES string of the molecule is CC(=O)O[C@@H](C)C(=O)NCc1cccc(-c2cccc([C@@H]3O[C@H](CN(C)[C@@H](C)c4ccccc4)C[C@H](c4ccc(CO)cc4)O3)c2)c1. The molecule has 2 N–H and O–H groups in total. The number of amides is 1. The molecule has 1 heterocycles. The van der Waals surface area contributed by atoms with E-state index in [1.807, 2.05) is 72.8 Å². The minimum Gasteiger partial charge on any atom is -0.453 e. The molecule has 5 rings (SSSR count). The highest BCUT2D eigenvalue weighted by Gasteiger charge is 2.33. The van der Waals surface area contributed by atoms with Gasteiger partial charge in [-0.1, -0.05) is 91.0 Å². The molecule has 47 heavy (non-hydrogen) atoms. The summed E-state index contributed by atoms with van der Waals surface area (Å²) < 4.78 is 18.3. The quantitative estimate of drug-likeness (QED) is 0.168. The summed E-state index contributed by atoms with van der Waals surface area (Å²) in [6.45, 7) is 6.07. The summed E-state index contributed by atoms with van der Waals surface area (Å²) in [6, 6.07) is 34.8. The third kappa shape index (κ3) is 9.14. The Balaban J connectivity index is 1.34. The number of hydrogen-bond acceptors (Lipinski definition) is 7. The smallest absolute Gasteiger partial charge is 0.303 e. The molecular formula is C39H44N2O6. The van der Waals surface area contributed by atoms with Crippen LogP contribution >= 0.6 is 0 Å². The maximum atomic E-state index is 12.4. The molecule has 4 aromatic rings. The Morgan fingerprint density at radius 2 is 1.57 bits per heavy atom. The molecule has 5 atom stereocenters. The standard InChI is InChI=1S/C39H44N2O6/c1-26(31-11-6-5-7-12-31)41(4)24-36-22-37(32-18-16-29(25-42)17-19-32)47-39(46-36)35-15-9-14-34(21-35)33-13-8-10-30(20-33)23-40-38(44)27(2)45-28(3)43/h5-21,26-27,36-37,39,42H,22-25H2,1-4H3,(H,40,44)/t26-,27-,36-,37+,39+/m0/s1. The van der Waals surface area contributed by atoms with Gasteiger partial charge >= 0.3 is 5.97 Å². The van der Waals surface area contributed by atoms with Crippen LogP contribution < -0.4 is 5.32 Å². The number of rotatable bonds is 12. The van der Waals surface area contributed by atoms with Crippen molar-refractivity contribution in [3.05, 3.63) is 131 Å². The van der Waals surface area contributed by atoms with Crippen LogP contribution in [0.4, 0.5) is 0 Å². The number of nitrogens with zero attached hydrogens (tertiary/aromatic N) is 1. The van der Waals surface area contributed by atoms with Crippen molar-refractivity contribution < 1.29 is 28.9 Å². The Morgan fingerprint density at radius 1 is 0.872 bits per heavy atom. The van der Waals surface area contributed by atoms with Crippen LogP contribution in [0.15, 0.2) is 103 Å². The largest absolute Gasteiger partial charge is 0.453 e. The molecule has 1 saturated heterocycles. The number of carbonyl (C=O) groups is 2. The fraction of sp³-hybridized carbons (Fsp3) is 0.333. The summed E-state index contributed by atoms with van der Waals surface area (Å²) in [5, 5.41) is 12.4. The lowest BCUT2D eigenvalue weighted by Crippen LogP contribution is -2.38. The predicted molar refractivity (Wildman–Crippen MR) is 181 cm³/mol. The van der Waals surface area contributed by atoms with Gasteiger partial charge in [-0.25, -0.2) is 0 Å². The predicted octanol–water partition coefficient (Wildman–Crippen LogP) is 6.65. The molecule has 1 aliphatic rings. The van der Waals surface area contributed by atoms with Gasteiger partial charge in [-0.3, -0.25) is 14.5 Å². The van der Waals surface area contributed by atoms with E-state index in [4.69, 9.17) is 14.2 Å². The van der Waals surface area contributed by atoms with Gasteiger partial charge < -0.3 is 24.6 Å². The minimum absolute atomic E-state index is 0.00387. The molecule has 0 radical (unpaired) electrons. The van der Waals surface area contributed by atoms with Crippen molar-refractivity contribution >= 4 is 11.9 Å². The van der Waals surface area contributed by atoms with Gasteiger partial charge in [0.05, 0.1) is 18.8 Å². The first-order valence-corrected chi connectivity index (χ1v) is 16.1. The molecule has 0 aromatic heterocycles. The van der Waals surface area contributed by atoms with E-state index in [-0.39, 0.29) is 30.8 Å². The van der Waals surface area contributed by atoms with Crippen LogP contribution in [0.1, 0.15) is 73.4 Å². The number of hydrogen-bond donors (Lipinski definition) is 2. The van der Waals surface area contributed by atoms with Crippen molar-refractivity contribution in [1.29, 1.82) is 0 Å². The topological polar surface area (TPSA) is 97.3 Å². The Kier molecular flexibility index (Phi) is 11.6. The van der Waals surface area contributed by atoms with Crippen molar-refractivity contribution in [3.63, 3.8) is 0 Å². The lowest BCUT2D eigenvalue weighted by atomic mass is 9.98. The maximum absolute atomic E-state index is 12.4. The number of esters is 1. The zero-order valence-corrected chi connectivity index (χ0v) is 27.5. The van der Waals surface area contributed by atoms with Gasteiger partial charge in [-0.05, 0) is 66.4 Å². The van der Waals surface area contributed by atoms with Crippen molar-refractivity contribution in [3.8, 4) is 11.1 Å². The van der Waals surface area contributed by atoms with Crippen LogP contribution in [0.2, 0.25) is 0 Å².